The molecule has 0 amide bonds. The van der Waals surface area contributed by atoms with E-state index >= 15 is 0 Å². The summed E-state index contributed by atoms with van der Waals surface area (Å²) < 4.78 is 0. The lowest BCUT2D eigenvalue weighted by molar-refractivity contribution is 0.815. The van der Waals surface area contributed by atoms with Gasteiger partial charge in [-0.3, -0.25) is 0 Å². The van der Waals surface area contributed by atoms with E-state index in [1.165, 1.54) is 16.8 Å². The second-order valence-electron chi connectivity index (χ2n) is 4.51. The minimum atomic E-state index is 0.910. The third-order valence-electron chi connectivity index (χ3n) is 3.46. The van der Waals surface area contributed by atoms with Crippen molar-refractivity contribution in [3.63, 3.8) is 0 Å². The molecule has 1 aliphatic heterocycles. The van der Waals surface area contributed by atoms with Crippen LogP contribution in [0.5, 0.6) is 0 Å². The molecule has 3 nitrogen and oxygen atoms in total. The summed E-state index contributed by atoms with van der Waals surface area (Å²) in [4.78, 5) is 9.78. The summed E-state index contributed by atoms with van der Waals surface area (Å²) >= 11 is 0. The Morgan fingerprint density at radius 2 is 2.35 bits per heavy atom. The number of anilines is 1. The molecule has 0 atom stereocenters. The van der Waals surface area contributed by atoms with E-state index in [-0.39, 0.29) is 0 Å². The monoisotopic (exact) mass is 227 g/mol. The highest BCUT2D eigenvalue weighted by atomic mass is 15.2. The normalized spacial score (nSPS) is 14.1. The molecular formula is C14H17N3. The summed E-state index contributed by atoms with van der Waals surface area (Å²) in [5.74, 6) is 0. The molecule has 0 unspecified atom stereocenters. The quantitative estimate of drug-likeness (QED) is 0.873. The summed E-state index contributed by atoms with van der Waals surface area (Å²) in [6, 6.07) is 6.66. The van der Waals surface area contributed by atoms with Gasteiger partial charge in [0.2, 0.25) is 0 Å². The average molecular weight is 227 g/mol. The maximum Gasteiger partial charge on any atom is 0.0923 e. The van der Waals surface area contributed by atoms with E-state index in [0.29, 0.717) is 0 Å². The fourth-order valence-electron chi connectivity index (χ4n) is 2.64. The van der Waals surface area contributed by atoms with Crippen LogP contribution in [0, 0.1) is 0 Å². The maximum atomic E-state index is 4.31. The van der Waals surface area contributed by atoms with E-state index in [1.807, 2.05) is 6.20 Å². The fourth-order valence-corrected chi connectivity index (χ4v) is 2.64. The van der Waals surface area contributed by atoms with Crippen LogP contribution in [0.4, 0.5) is 5.69 Å². The molecule has 2 heterocycles. The van der Waals surface area contributed by atoms with Crippen molar-refractivity contribution in [1.29, 1.82) is 0 Å². The molecule has 0 fully saturated rings. The van der Waals surface area contributed by atoms with E-state index in [0.717, 1.165) is 31.6 Å². The molecular weight excluding hydrogens is 210 g/mol. The molecule has 1 aliphatic rings. The fraction of sp³-hybridized carbons (Fsp3) is 0.357. The van der Waals surface area contributed by atoms with Crippen LogP contribution in [0.25, 0.3) is 0 Å². The first kappa shape index (κ1) is 10.4. The van der Waals surface area contributed by atoms with Gasteiger partial charge in [0.05, 0.1) is 18.6 Å². The number of para-hydroxylation sites is 1. The number of aromatic nitrogens is 2. The minimum absolute atomic E-state index is 0.910. The number of hydrogen-bond donors (Lipinski definition) is 1. The molecule has 1 aromatic heterocycles. The first-order valence-electron chi connectivity index (χ1n) is 6.22. The first-order valence-corrected chi connectivity index (χ1v) is 6.22. The number of fused-ring (bicyclic) bond motifs is 1. The molecule has 1 N–H and O–H groups in total. The third kappa shape index (κ3) is 1.82. The van der Waals surface area contributed by atoms with Crippen molar-refractivity contribution in [3.05, 3.63) is 47.5 Å². The van der Waals surface area contributed by atoms with Crippen LogP contribution in [0.3, 0.4) is 0 Å². The molecule has 88 valence electrons. The zero-order valence-electron chi connectivity index (χ0n) is 10.1. The van der Waals surface area contributed by atoms with Gasteiger partial charge in [-0.25, -0.2) is 4.98 Å². The maximum absolute atomic E-state index is 4.31. The van der Waals surface area contributed by atoms with E-state index < -0.39 is 0 Å². The van der Waals surface area contributed by atoms with Gasteiger partial charge in [-0.1, -0.05) is 25.1 Å². The van der Waals surface area contributed by atoms with Crippen LogP contribution in [0.2, 0.25) is 0 Å². The zero-order valence-corrected chi connectivity index (χ0v) is 10.1. The van der Waals surface area contributed by atoms with Gasteiger partial charge in [-0.05, 0) is 24.0 Å². The van der Waals surface area contributed by atoms with Gasteiger partial charge in [-0.15, -0.1) is 0 Å². The Morgan fingerprint density at radius 1 is 1.41 bits per heavy atom. The highest BCUT2D eigenvalue weighted by Gasteiger charge is 2.21. The van der Waals surface area contributed by atoms with Crippen molar-refractivity contribution in [2.45, 2.75) is 26.3 Å². The molecule has 17 heavy (non-hydrogen) atoms. The van der Waals surface area contributed by atoms with Crippen molar-refractivity contribution in [2.75, 3.05) is 11.4 Å². The number of nitrogens with one attached hydrogen (secondary N) is 1. The van der Waals surface area contributed by atoms with Crippen molar-refractivity contribution >= 4 is 5.69 Å². The highest BCUT2D eigenvalue weighted by molar-refractivity contribution is 5.63. The molecule has 0 saturated heterocycles. The minimum Gasteiger partial charge on any atom is -0.365 e. The predicted octanol–water partition coefficient (Wildman–Crippen LogP) is 2.53. The highest BCUT2D eigenvalue weighted by Crippen LogP contribution is 2.32. The number of benzene rings is 1. The topological polar surface area (TPSA) is 31.9 Å². The van der Waals surface area contributed by atoms with E-state index in [1.54, 1.807) is 6.33 Å². The number of rotatable bonds is 3. The van der Waals surface area contributed by atoms with Gasteiger partial charge in [-0.2, -0.15) is 0 Å². The number of aromatic amines is 1. The summed E-state index contributed by atoms with van der Waals surface area (Å²) in [7, 11) is 0. The second-order valence-corrected chi connectivity index (χ2v) is 4.51. The molecule has 0 aliphatic carbocycles. The Kier molecular flexibility index (Phi) is 2.59. The van der Waals surface area contributed by atoms with Crippen LogP contribution in [-0.4, -0.2) is 16.5 Å². The van der Waals surface area contributed by atoms with Crippen LogP contribution in [0.1, 0.15) is 23.7 Å². The van der Waals surface area contributed by atoms with Crippen molar-refractivity contribution in [2.24, 2.45) is 0 Å². The summed E-state index contributed by atoms with van der Waals surface area (Å²) in [5, 5.41) is 0. The van der Waals surface area contributed by atoms with Gasteiger partial charge in [0.1, 0.15) is 0 Å². The van der Waals surface area contributed by atoms with Gasteiger partial charge >= 0.3 is 0 Å². The number of nitrogens with zero attached hydrogens (tertiary/aromatic N) is 2. The molecule has 0 spiro atoms. The van der Waals surface area contributed by atoms with Gasteiger partial charge in [0.15, 0.2) is 0 Å². The SMILES string of the molecule is CCc1cccc2c1N(Cc1c[nH]cn1)CC2. The zero-order chi connectivity index (χ0) is 11.7. The van der Waals surface area contributed by atoms with Crippen molar-refractivity contribution < 1.29 is 0 Å². The van der Waals surface area contributed by atoms with Crippen molar-refractivity contribution in [3.8, 4) is 0 Å². The Bertz CT molecular complexity index is 502. The molecule has 0 saturated carbocycles. The molecule has 3 rings (SSSR count). The second kappa shape index (κ2) is 4.24. The molecule has 1 aromatic carbocycles. The lowest BCUT2D eigenvalue weighted by atomic mass is 10.1. The van der Waals surface area contributed by atoms with Gasteiger partial charge < -0.3 is 9.88 Å². The molecule has 3 heteroatoms. The van der Waals surface area contributed by atoms with Crippen LogP contribution >= 0.6 is 0 Å². The van der Waals surface area contributed by atoms with E-state index in [9.17, 15) is 0 Å². The molecule has 0 bridgehead atoms. The molecule has 0 radical (unpaired) electrons. The Hall–Kier alpha value is -1.77. The Morgan fingerprint density at radius 3 is 3.12 bits per heavy atom. The van der Waals surface area contributed by atoms with E-state index in [2.05, 4.69) is 40.0 Å². The lowest BCUT2D eigenvalue weighted by Gasteiger charge is -2.20. The summed E-state index contributed by atoms with van der Waals surface area (Å²) in [6.45, 7) is 4.24. The Balaban J connectivity index is 1.92. The summed E-state index contributed by atoms with van der Waals surface area (Å²) in [6.07, 6.45) is 5.98. The summed E-state index contributed by atoms with van der Waals surface area (Å²) in [5.41, 5.74) is 5.50. The van der Waals surface area contributed by atoms with Gasteiger partial charge in [0.25, 0.3) is 0 Å². The van der Waals surface area contributed by atoms with E-state index in [4.69, 9.17) is 0 Å². The number of hydrogen-bond acceptors (Lipinski definition) is 2. The Labute approximate surface area is 101 Å². The van der Waals surface area contributed by atoms with Crippen LogP contribution in [0.15, 0.2) is 30.7 Å². The predicted molar refractivity (Wildman–Crippen MR) is 69.2 cm³/mol. The third-order valence-corrected chi connectivity index (χ3v) is 3.46. The largest absolute Gasteiger partial charge is 0.365 e. The number of aryl methyl sites for hydroxylation is 1. The van der Waals surface area contributed by atoms with Crippen LogP contribution in [-0.2, 0) is 19.4 Å². The smallest absolute Gasteiger partial charge is 0.0923 e. The van der Waals surface area contributed by atoms with Crippen molar-refractivity contribution in [1.82, 2.24) is 9.97 Å². The average Bonchev–Trinajstić information content (AvgIpc) is 2.99. The lowest BCUT2D eigenvalue weighted by Crippen LogP contribution is -2.20. The van der Waals surface area contributed by atoms with Crippen LogP contribution < -0.4 is 4.90 Å². The molecule has 2 aromatic rings. The standard InChI is InChI=1S/C14H17N3/c1-2-11-4-3-5-12-6-7-17(14(11)12)9-13-8-15-10-16-13/h3-5,8,10H,2,6-7,9H2,1H3,(H,15,16). The first-order chi connectivity index (χ1) is 8.38. The number of imidazole rings is 1. The number of H-pyrrole nitrogens is 1. The van der Waals surface area contributed by atoms with Gasteiger partial charge in [0, 0.05) is 18.4 Å².